The molecule has 4 rings (SSSR count). The zero-order valence-corrected chi connectivity index (χ0v) is 15.5. The monoisotopic (exact) mass is 352 g/mol. The maximum Gasteiger partial charge on any atom is 0.120 e. The van der Waals surface area contributed by atoms with Crippen LogP contribution < -0.4 is 5.32 Å². The van der Waals surface area contributed by atoms with Gasteiger partial charge in [0, 0.05) is 30.6 Å². The van der Waals surface area contributed by atoms with Crippen molar-refractivity contribution in [1.29, 1.82) is 0 Å². The minimum absolute atomic E-state index is 0.0313. The number of nitrogens with zero attached hydrogens (tertiary/aromatic N) is 1. The Hall–Kier alpha value is -1.88. The van der Waals surface area contributed by atoms with Crippen LogP contribution in [-0.2, 0) is 5.54 Å². The summed E-state index contributed by atoms with van der Waals surface area (Å²) in [5.41, 5.74) is 2.74. The number of nitrogens with one attached hydrogen (secondary N) is 1. The van der Waals surface area contributed by atoms with Crippen molar-refractivity contribution in [1.82, 2.24) is 10.2 Å². The number of aromatic hydroxyl groups is 1. The summed E-state index contributed by atoms with van der Waals surface area (Å²) in [4.78, 5) is 2.46. The number of aliphatic hydroxyl groups is 1. The SMILES string of the molecule is CCN1C[C@H]2[C@@H](C1)[C@](CO)(c1ccccc1)N[C@H]2c1cc(C)ccc1O. The number of aliphatic hydroxyl groups excluding tert-OH is 1. The van der Waals surface area contributed by atoms with E-state index >= 15 is 0 Å². The third kappa shape index (κ3) is 2.64. The molecule has 2 heterocycles. The van der Waals surface area contributed by atoms with Crippen molar-refractivity contribution < 1.29 is 10.2 Å². The molecule has 0 amide bonds. The van der Waals surface area contributed by atoms with Crippen molar-refractivity contribution in [2.75, 3.05) is 26.2 Å². The fourth-order valence-electron chi connectivity index (χ4n) is 5.04. The predicted molar refractivity (Wildman–Crippen MR) is 103 cm³/mol. The smallest absolute Gasteiger partial charge is 0.120 e. The Kier molecular flexibility index (Phi) is 4.51. The van der Waals surface area contributed by atoms with Gasteiger partial charge in [-0.15, -0.1) is 0 Å². The Morgan fingerprint density at radius 2 is 1.92 bits per heavy atom. The summed E-state index contributed by atoms with van der Waals surface area (Å²) < 4.78 is 0. The summed E-state index contributed by atoms with van der Waals surface area (Å²) in [5, 5.41) is 24.8. The molecule has 0 unspecified atom stereocenters. The number of aryl methyl sites for hydroxylation is 1. The van der Waals surface area contributed by atoms with Gasteiger partial charge in [0.1, 0.15) is 5.75 Å². The summed E-state index contributed by atoms with van der Waals surface area (Å²) in [6.07, 6.45) is 0. The molecular formula is C22H28N2O2. The maximum atomic E-state index is 10.5. The van der Waals surface area contributed by atoms with E-state index in [1.807, 2.05) is 24.3 Å². The molecule has 2 aliphatic rings. The summed E-state index contributed by atoms with van der Waals surface area (Å²) in [7, 11) is 0. The number of hydrogen-bond acceptors (Lipinski definition) is 4. The van der Waals surface area contributed by atoms with Gasteiger partial charge in [-0.3, -0.25) is 5.32 Å². The molecule has 138 valence electrons. The molecule has 2 aromatic carbocycles. The molecule has 0 spiro atoms. The molecule has 4 heteroatoms. The first kappa shape index (κ1) is 17.5. The highest BCUT2D eigenvalue weighted by Gasteiger charge is 2.57. The van der Waals surface area contributed by atoms with E-state index in [0.29, 0.717) is 17.6 Å². The molecule has 0 radical (unpaired) electrons. The normalized spacial score (nSPS) is 31.3. The van der Waals surface area contributed by atoms with Gasteiger partial charge in [-0.2, -0.15) is 0 Å². The summed E-state index contributed by atoms with van der Waals surface area (Å²) >= 11 is 0. The molecule has 0 aliphatic carbocycles. The van der Waals surface area contributed by atoms with Crippen molar-refractivity contribution >= 4 is 0 Å². The van der Waals surface area contributed by atoms with Gasteiger partial charge >= 0.3 is 0 Å². The fourth-order valence-corrected chi connectivity index (χ4v) is 5.04. The maximum absolute atomic E-state index is 10.5. The number of phenols is 1. The van der Waals surface area contributed by atoms with E-state index in [2.05, 4.69) is 42.3 Å². The largest absolute Gasteiger partial charge is 0.508 e. The van der Waals surface area contributed by atoms with Crippen LogP contribution in [0.2, 0.25) is 0 Å². The molecule has 2 aliphatic heterocycles. The van der Waals surface area contributed by atoms with E-state index in [9.17, 15) is 10.2 Å². The van der Waals surface area contributed by atoms with Crippen LogP contribution in [0.5, 0.6) is 5.75 Å². The van der Waals surface area contributed by atoms with Crippen molar-refractivity contribution in [3.05, 3.63) is 65.2 Å². The minimum atomic E-state index is -0.475. The Morgan fingerprint density at radius 3 is 2.62 bits per heavy atom. The Balaban J connectivity index is 1.81. The molecule has 4 atom stereocenters. The molecule has 0 aromatic heterocycles. The topological polar surface area (TPSA) is 55.7 Å². The highest BCUT2D eigenvalue weighted by molar-refractivity contribution is 5.42. The zero-order valence-electron chi connectivity index (χ0n) is 15.5. The van der Waals surface area contributed by atoms with Gasteiger partial charge in [0.05, 0.1) is 12.1 Å². The van der Waals surface area contributed by atoms with Crippen molar-refractivity contribution in [2.45, 2.75) is 25.4 Å². The van der Waals surface area contributed by atoms with E-state index in [0.717, 1.165) is 36.3 Å². The molecule has 4 nitrogen and oxygen atoms in total. The summed E-state index contributed by atoms with van der Waals surface area (Å²) in [5.74, 6) is 0.998. The molecule has 2 saturated heterocycles. The van der Waals surface area contributed by atoms with Crippen LogP contribution in [0.1, 0.15) is 29.7 Å². The van der Waals surface area contributed by atoms with Gasteiger partial charge in [-0.1, -0.05) is 55.0 Å². The molecule has 0 saturated carbocycles. The van der Waals surface area contributed by atoms with Crippen LogP contribution in [0.3, 0.4) is 0 Å². The zero-order chi connectivity index (χ0) is 18.3. The predicted octanol–water partition coefficient (Wildman–Crippen LogP) is 2.80. The first-order valence-electron chi connectivity index (χ1n) is 9.55. The Morgan fingerprint density at radius 1 is 1.15 bits per heavy atom. The number of rotatable bonds is 4. The van der Waals surface area contributed by atoms with Gasteiger partial charge in [-0.25, -0.2) is 0 Å². The van der Waals surface area contributed by atoms with E-state index < -0.39 is 5.54 Å². The second kappa shape index (κ2) is 6.69. The Labute approximate surface area is 155 Å². The van der Waals surface area contributed by atoms with Gasteiger partial charge in [-0.05, 0) is 31.0 Å². The summed E-state index contributed by atoms with van der Waals surface area (Å²) in [6, 6.07) is 16.1. The third-order valence-corrected chi connectivity index (χ3v) is 6.42. The van der Waals surface area contributed by atoms with Gasteiger partial charge in [0.25, 0.3) is 0 Å². The average Bonchev–Trinajstić information content (AvgIpc) is 3.22. The van der Waals surface area contributed by atoms with Crippen molar-refractivity contribution in [3.63, 3.8) is 0 Å². The molecule has 2 fully saturated rings. The standard InChI is InChI=1S/C22H28N2O2/c1-3-24-12-18-19(13-24)22(14-25,16-7-5-4-6-8-16)23-21(18)17-11-15(2)9-10-20(17)26/h4-11,18-19,21,23,25-26H,3,12-14H2,1-2H3/t18-,19+,21-,22-/m0/s1. The molecule has 3 N–H and O–H groups in total. The van der Waals surface area contributed by atoms with Crippen LogP contribution in [0.4, 0.5) is 0 Å². The van der Waals surface area contributed by atoms with Gasteiger partial charge in [0.2, 0.25) is 0 Å². The highest BCUT2D eigenvalue weighted by atomic mass is 16.3. The van der Waals surface area contributed by atoms with E-state index in [1.165, 1.54) is 0 Å². The van der Waals surface area contributed by atoms with Crippen LogP contribution in [0.25, 0.3) is 0 Å². The lowest BCUT2D eigenvalue weighted by Gasteiger charge is -2.35. The first-order valence-corrected chi connectivity index (χ1v) is 9.55. The number of likely N-dealkylation sites (tertiary alicyclic amines) is 1. The van der Waals surface area contributed by atoms with E-state index in [4.69, 9.17) is 0 Å². The molecule has 0 bridgehead atoms. The number of phenolic OH excluding ortho intramolecular Hbond substituents is 1. The number of benzene rings is 2. The van der Waals surface area contributed by atoms with Crippen LogP contribution in [0.15, 0.2) is 48.5 Å². The van der Waals surface area contributed by atoms with Gasteiger partial charge in [0.15, 0.2) is 0 Å². The fraction of sp³-hybridized carbons (Fsp3) is 0.455. The Bertz CT molecular complexity index is 779. The molecular weight excluding hydrogens is 324 g/mol. The molecule has 2 aromatic rings. The lowest BCUT2D eigenvalue weighted by Crippen LogP contribution is -2.48. The second-order valence-corrected chi connectivity index (χ2v) is 7.80. The minimum Gasteiger partial charge on any atom is -0.508 e. The number of hydrogen-bond donors (Lipinski definition) is 3. The summed E-state index contributed by atoms with van der Waals surface area (Å²) in [6.45, 7) is 7.26. The highest BCUT2D eigenvalue weighted by Crippen LogP contribution is 2.52. The van der Waals surface area contributed by atoms with Crippen LogP contribution in [0, 0.1) is 18.8 Å². The van der Waals surface area contributed by atoms with Crippen molar-refractivity contribution in [2.24, 2.45) is 11.8 Å². The van der Waals surface area contributed by atoms with E-state index in [-0.39, 0.29) is 12.6 Å². The van der Waals surface area contributed by atoms with Crippen LogP contribution >= 0.6 is 0 Å². The first-order chi connectivity index (χ1) is 12.6. The lowest BCUT2D eigenvalue weighted by atomic mass is 9.76. The van der Waals surface area contributed by atoms with Crippen LogP contribution in [-0.4, -0.2) is 41.4 Å². The average molecular weight is 352 g/mol. The van der Waals surface area contributed by atoms with Gasteiger partial charge < -0.3 is 15.1 Å². The quantitative estimate of drug-likeness (QED) is 0.792. The second-order valence-electron chi connectivity index (χ2n) is 7.80. The lowest BCUT2D eigenvalue weighted by molar-refractivity contribution is 0.127. The molecule has 26 heavy (non-hydrogen) atoms. The van der Waals surface area contributed by atoms with E-state index in [1.54, 1.807) is 6.07 Å². The van der Waals surface area contributed by atoms with Crippen molar-refractivity contribution in [3.8, 4) is 5.75 Å². The number of fused-ring (bicyclic) bond motifs is 1. The third-order valence-electron chi connectivity index (χ3n) is 6.42.